The molecule has 0 unspecified atom stereocenters. The SMILES string of the molecule is COCCCc1cc2c(NCc3cccs3)nc(Cl)nn2c1Cl. The van der Waals surface area contributed by atoms with E-state index in [9.17, 15) is 0 Å². The van der Waals surface area contributed by atoms with Gasteiger partial charge in [-0.15, -0.1) is 16.4 Å². The van der Waals surface area contributed by atoms with Crippen molar-refractivity contribution in [1.82, 2.24) is 14.6 Å². The number of fused-ring (bicyclic) bond motifs is 1. The molecule has 0 aliphatic rings. The van der Waals surface area contributed by atoms with Crippen molar-refractivity contribution in [1.29, 1.82) is 0 Å². The molecule has 122 valence electrons. The van der Waals surface area contributed by atoms with Crippen LogP contribution in [0.1, 0.15) is 16.9 Å². The van der Waals surface area contributed by atoms with Crippen molar-refractivity contribution >= 4 is 45.9 Å². The second kappa shape index (κ2) is 7.49. The van der Waals surface area contributed by atoms with E-state index in [2.05, 4.69) is 21.5 Å². The first-order valence-corrected chi connectivity index (χ1v) is 8.81. The highest BCUT2D eigenvalue weighted by Gasteiger charge is 2.14. The second-order valence-corrected chi connectivity index (χ2v) is 6.74. The Labute approximate surface area is 148 Å². The third-order valence-corrected chi connectivity index (χ3v) is 4.86. The molecule has 3 heterocycles. The lowest BCUT2D eigenvalue weighted by Crippen LogP contribution is -2.05. The highest BCUT2D eigenvalue weighted by atomic mass is 35.5. The molecule has 0 bridgehead atoms. The maximum absolute atomic E-state index is 6.43. The van der Waals surface area contributed by atoms with Crippen molar-refractivity contribution in [3.05, 3.63) is 44.5 Å². The first kappa shape index (κ1) is 16.5. The Morgan fingerprint density at radius 3 is 3.00 bits per heavy atom. The van der Waals surface area contributed by atoms with E-state index < -0.39 is 0 Å². The van der Waals surface area contributed by atoms with E-state index in [1.807, 2.05) is 17.5 Å². The Bertz CT molecular complexity index is 788. The molecule has 0 aliphatic heterocycles. The van der Waals surface area contributed by atoms with Crippen molar-refractivity contribution in [2.45, 2.75) is 19.4 Å². The molecule has 3 aromatic rings. The minimum atomic E-state index is 0.159. The molecule has 0 saturated carbocycles. The minimum Gasteiger partial charge on any atom is -0.385 e. The van der Waals surface area contributed by atoms with Crippen LogP contribution in [0, 0.1) is 0 Å². The van der Waals surface area contributed by atoms with Gasteiger partial charge in [0.15, 0.2) is 5.82 Å². The molecule has 0 saturated heterocycles. The molecule has 0 spiro atoms. The third-order valence-electron chi connectivity index (χ3n) is 3.42. The Kier molecular flexibility index (Phi) is 5.38. The molecular weight excluding hydrogens is 355 g/mol. The average Bonchev–Trinajstić information content (AvgIpc) is 3.15. The molecule has 0 radical (unpaired) electrons. The largest absolute Gasteiger partial charge is 0.385 e. The highest BCUT2D eigenvalue weighted by molar-refractivity contribution is 7.09. The lowest BCUT2D eigenvalue weighted by Gasteiger charge is -2.06. The van der Waals surface area contributed by atoms with Gasteiger partial charge in [-0.05, 0) is 47.5 Å². The van der Waals surface area contributed by atoms with E-state index >= 15 is 0 Å². The monoisotopic (exact) mass is 370 g/mol. The summed E-state index contributed by atoms with van der Waals surface area (Å²) in [5.41, 5.74) is 1.84. The highest BCUT2D eigenvalue weighted by Crippen LogP contribution is 2.27. The summed E-state index contributed by atoms with van der Waals surface area (Å²) in [7, 11) is 1.69. The van der Waals surface area contributed by atoms with Crippen molar-refractivity contribution in [2.24, 2.45) is 0 Å². The number of methoxy groups -OCH3 is 1. The zero-order valence-corrected chi connectivity index (χ0v) is 14.9. The number of hydrogen-bond donors (Lipinski definition) is 1. The molecule has 3 rings (SSSR count). The fourth-order valence-corrected chi connectivity index (χ4v) is 3.43. The van der Waals surface area contributed by atoms with E-state index in [4.69, 9.17) is 27.9 Å². The number of aryl methyl sites for hydroxylation is 1. The van der Waals surface area contributed by atoms with Gasteiger partial charge in [-0.25, -0.2) is 4.52 Å². The fraction of sp³-hybridized carbons (Fsp3) is 0.333. The zero-order valence-electron chi connectivity index (χ0n) is 12.6. The van der Waals surface area contributed by atoms with Gasteiger partial charge >= 0.3 is 0 Å². The summed E-state index contributed by atoms with van der Waals surface area (Å²) in [6.07, 6.45) is 1.71. The van der Waals surface area contributed by atoms with Crippen LogP contribution in [0.4, 0.5) is 5.82 Å². The lowest BCUT2D eigenvalue weighted by atomic mass is 10.2. The van der Waals surface area contributed by atoms with Gasteiger partial charge in [-0.1, -0.05) is 17.7 Å². The normalized spacial score (nSPS) is 11.3. The number of nitrogens with one attached hydrogen (secondary N) is 1. The summed E-state index contributed by atoms with van der Waals surface area (Å²) in [6.45, 7) is 1.38. The van der Waals surface area contributed by atoms with Crippen LogP contribution in [0.25, 0.3) is 5.52 Å². The number of thiophene rings is 1. The van der Waals surface area contributed by atoms with E-state index in [0.717, 1.165) is 23.9 Å². The number of ether oxygens (including phenoxy) is 1. The van der Waals surface area contributed by atoms with E-state index in [0.29, 0.717) is 24.1 Å². The van der Waals surface area contributed by atoms with Crippen LogP contribution in [-0.2, 0) is 17.7 Å². The molecule has 0 atom stereocenters. The maximum Gasteiger partial charge on any atom is 0.243 e. The van der Waals surface area contributed by atoms with Gasteiger partial charge in [0.05, 0.1) is 6.54 Å². The summed E-state index contributed by atoms with van der Waals surface area (Å²) in [4.78, 5) is 5.51. The van der Waals surface area contributed by atoms with Crippen LogP contribution in [0.2, 0.25) is 10.4 Å². The molecule has 0 fully saturated rings. The summed E-state index contributed by atoms with van der Waals surface area (Å²) in [5.74, 6) is 0.679. The Hall–Kier alpha value is -1.34. The van der Waals surface area contributed by atoms with Gasteiger partial charge in [0.25, 0.3) is 0 Å². The molecule has 1 N–H and O–H groups in total. The first-order valence-electron chi connectivity index (χ1n) is 7.18. The van der Waals surface area contributed by atoms with Gasteiger partial charge < -0.3 is 10.1 Å². The van der Waals surface area contributed by atoms with Crippen LogP contribution in [0.5, 0.6) is 0 Å². The number of hydrogen-bond acceptors (Lipinski definition) is 5. The number of nitrogens with zero attached hydrogens (tertiary/aromatic N) is 3. The molecular formula is C15H16Cl2N4OS. The molecule has 0 amide bonds. The topological polar surface area (TPSA) is 51.5 Å². The minimum absolute atomic E-state index is 0.159. The Morgan fingerprint density at radius 2 is 2.26 bits per heavy atom. The van der Waals surface area contributed by atoms with Crippen molar-refractivity contribution in [2.75, 3.05) is 19.0 Å². The summed E-state index contributed by atoms with van der Waals surface area (Å²) >= 11 is 14.1. The predicted molar refractivity (Wildman–Crippen MR) is 94.8 cm³/mol. The number of anilines is 1. The molecule has 5 nitrogen and oxygen atoms in total. The van der Waals surface area contributed by atoms with Crippen LogP contribution < -0.4 is 5.32 Å². The number of rotatable bonds is 7. The molecule has 0 aliphatic carbocycles. The smallest absolute Gasteiger partial charge is 0.243 e. The number of halogens is 2. The average molecular weight is 371 g/mol. The standard InChI is InChI=1S/C15H16Cl2N4OS/c1-22-6-2-4-10-8-12-14(18-9-11-5-3-7-23-11)19-15(17)20-21(12)13(10)16/h3,5,7-8H,2,4,6,9H2,1H3,(H,18,19,20). The summed E-state index contributed by atoms with van der Waals surface area (Å²) < 4.78 is 6.72. The Morgan fingerprint density at radius 1 is 1.39 bits per heavy atom. The van der Waals surface area contributed by atoms with Crippen LogP contribution in [-0.4, -0.2) is 28.3 Å². The van der Waals surface area contributed by atoms with Gasteiger partial charge in [-0.2, -0.15) is 4.98 Å². The maximum atomic E-state index is 6.43. The van der Waals surface area contributed by atoms with Crippen LogP contribution in [0.15, 0.2) is 23.6 Å². The first-order chi connectivity index (χ1) is 11.2. The van der Waals surface area contributed by atoms with Gasteiger partial charge in [0.2, 0.25) is 5.28 Å². The zero-order chi connectivity index (χ0) is 16.2. The van der Waals surface area contributed by atoms with E-state index in [-0.39, 0.29) is 5.28 Å². The van der Waals surface area contributed by atoms with Crippen molar-refractivity contribution in [3.8, 4) is 0 Å². The molecule has 0 aromatic carbocycles. The summed E-state index contributed by atoms with van der Waals surface area (Å²) in [6, 6.07) is 6.09. The molecule has 8 heteroatoms. The van der Waals surface area contributed by atoms with E-state index in [1.54, 1.807) is 23.0 Å². The van der Waals surface area contributed by atoms with Crippen LogP contribution in [0.3, 0.4) is 0 Å². The fourth-order valence-electron chi connectivity index (χ4n) is 2.34. The predicted octanol–water partition coefficient (Wildman–Crippen LogP) is 4.29. The quantitative estimate of drug-likeness (QED) is 0.630. The second-order valence-electron chi connectivity index (χ2n) is 5.02. The van der Waals surface area contributed by atoms with Gasteiger partial charge in [0.1, 0.15) is 10.7 Å². The van der Waals surface area contributed by atoms with Crippen molar-refractivity contribution in [3.63, 3.8) is 0 Å². The Balaban J connectivity index is 1.89. The van der Waals surface area contributed by atoms with Crippen molar-refractivity contribution < 1.29 is 4.74 Å². The molecule has 3 aromatic heterocycles. The third kappa shape index (κ3) is 3.77. The van der Waals surface area contributed by atoms with Gasteiger partial charge in [0, 0.05) is 18.6 Å². The van der Waals surface area contributed by atoms with E-state index in [1.165, 1.54) is 4.88 Å². The number of aromatic nitrogens is 3. The van der Waals surface area contributed by atoms with Crippen LogP contribution >= 0.6 is 34.5 Å². The molecule has 23 heavy (non-hydrogen) atoms. The summed E-state index contributed by atoms with van der Waals surface area (Å²) in [5, 5.41) is 10.3. The van der Waals surface area contributed by atoms with Gasteiger partial charge in [-0.3, -0.25) is 0 Å². The lowest BCUT2D eigenvalue weighted by molar-refractivity contribution is 0.195.